The predicted molar refractivity (Wildman–Crippen MR) is 105 cm³/mol. The van der Waals surface area contributed by atoms with Crippen molar-refractivity contribution in [1.29, 1.82) is 5.26 Å². The van der Waals surface area contributed by atoms with Gasteiger partial charge in [-0.3, -0.25) is 0 Å². The Hall–Kier alpha value is -2.16. The highest BCUT2D eigenvalue weighted by molar-refractivity contribution is 7.89. The summed E-state index contributed by atoms with van der Waals surface area (Å²) in [5.41, 5.74) is 3.28. The Kier molecular flexibility index (Phi) is 6.96. The summed E-state index contributed by atoms with van der Waals surface area (Å²) < 4.78 is 27.5. The third-order valence-corrected chi connectivity index (χ3v) is 5.70. The number of sulfonamides is 1. The lowest BCUT2D eigenvalue weighted by atomic mass is 9.98. The van der Waals surface area contributed by atoms with E-state index < -0.39 is 10.0 Å². The summed E-state index contributed by atoms with van der Waals surface area (Å²) in [5.74, 6) is 0.422. The molecular weight excluding hydrogens is 344 g/mol. The van der Waals surface area contributed by atoms with Gasteiger partial charge in [-0.1, -0.05) is 57.5 Å². The summed E-state index contributed by atoms with van der Waals surface area (Å²) >= 11 is 0. The number of nitrogens with zero attached hydrogens (tertiary/aromatic N) is 1. The molecular formula is C21H26N2O2S. The third kappa shape index (κ3) is 5.17. The molecule has 0 saturated heterocycles. The smallest absolute Gasteiger partial charge is 0.211 e. The van der Waals surface area contributed by atoms with Crippen molar-refractivity contribution in [2.24, 2.45) is 5.92 Å². The molecule has 0 aliphatic rings. The lowest BCUT2D eigenvalue weighted by Crippen LogP contribution is -2.25. The quantitative estimate of drug-likeness (QED) is 0.743. The number of hydrogen-bond donors (Lipinski definition) is 1. The van der Waals surface area contributed by atoms with Crippen LogP contribution in [0.5, 0.6) is 0 Å². The number of nitrogens with one attached hydrogen (secondary N) is 1. The van der Waals surface area contributed by atoms with E-state index in [0.29, 0.717) is 18.0 Å². The first-order chi connectivity index (χ1) is 12.4. The molecule has 0 atom stereocenters. The summed E-state index contributed by atoms with van der Waals surface area (Å²) in [4.78, 5) is 0.129. The van der Waals surface area contributed by atoms with Crippen molar-refractivity contribution in [1.82, 2.24) is 4.72 Å². The Morgan fingerprint density at radius 1 is 1.12 bits per heavy atom. The van der Waals surface area contributed by atoms with Crippen LogP contribution in [0.15, 0.2) is 47.4 Å². The van der Waals surface area contributed by atoms with Gasteiger partial charge in [0.05, 0.1) is 16.5 Å². The molecule has 5 heteroatoms. The maximum Gasteiger partial charge on any atom is 0.240 e. The summed E-state index contributed by atoms with van der Waals surface area (Å²) in [6.07, 6.45) is 2.87. The number of aryl methyl sites for hydroxylation is 1. The minimum Gasteiger partial charge on any atom is -0.211 e. The number of benzene rings is 2. The molecule has 0 aliphatic heterocycles. The number of hydrogen-bond acceptors (Lipinski definition) is 3. The average Bonchev–Trinajstić information content (AvgIpc) is 2.61. The van der Waals surface area contributed by atoms with Crippen molar-refractivity contribution in [2.45, 2.75) is 44.9 Å². The second-order valence-corrected chi connectivity index (χ2v) is 8.61. The molecule has 0 fully saturated rings. The second-order valence-electron chi connectivity index (χ2n) is 6.85. The average molecular weight is 371 g/mol. The second kappa shape index (κ2) is 8.98. The topological polar surface area (TPSA) is 70.0 Å². The van der Waals surface area contributed by atoms with E-state index >= 15 is 0 Å². The van der Waals surface area contributed by atoms with Gasteiger partial charge >= 0.3 is 0 Å². The normalized spacial score (nSPS) is 11.5. The van der Waals surface area contributed by atoms with E-state index in [9.17, 15) is 13.7 Å². The van der Waals surface area contributed by atoms with Gasteiger partial charge in [-0.2, -0.15) is 5.26 Å². The Bertz CT molecular complexity index is 879. The van der Waals surface area contributed by atoms with Gasteiger partial charge in [-0.05, 0) is 47.6 Å². The molecule has 2 rings (SSSR count). The van der Waals surface area contributed by atoms with Crippen LogP contribution in [0.2, 0.25) is 0 Å². The SMILES string of the molecule is CCCc1ccc(-c2ccc(S(=O)(=O)NCCC(C)C)cc2C#N)cc1. The van der Waals surface area contributed by atoms with Gasteiger partial charge in [0.1, 0.15) is 0 Å². The van der Waals surface area contributed by atoms with Crippen LogP contribution in [0.3, 0.4) is 0 Å². The fourth-order valence-corrected chi connectivity index (χ4v) is 3.81. The lowest BCUT2D eigenvalue weighted by Gasteiger charge is -2.11. The third-order valence-electron chi connectivity index (χ3n) is 4.24. The molecule has 0 radical (unpaired) electrons. The molecule has 2 aromatic rings. The molecule has 0 aliphatic carbocycles. The van der Waals surface area contributed by atoms with Crippen molar-refractivity contribution in [3.05, 3.63) is 53.6 Å². The van der Waals surface area contributed by atoms with Crippen LogP contribution < -0.4 is 4.72 Å². The van der Waals surface area contributed by atoms with Crippen molar-refractivity contribution in [3.63, 3.8) is 0 Å². The van der Waals surface area contributed by atoms with Crippen LogP contribution in [0.4, 0.5) is 0 Å². The monoisotopic (exact) mass is 370 g/mol. The molecule has 0 bridgehead atoms. The van der Waals surface area contributed by atoms with Gasteiger partial charge in [0, 0.05) is 6.54 Å². The molecule has 0 heterocycles. The van der Waals surface area contributed by atoms with E-state index in [-0.39, 0.29) is 4.90 Å². The van der Waals surface area contributed by atoms with Crippen LogP contribution in [0.1, 0.15) is 44.7 Å². The van der Waals surface area contributed by atoms with Crippen molar-refractivity contribution in [2.75, 3.05) is 6.54 Å². The minimum absolute atomic E-state index is 0.129. The van der Waals surface area contributed by atoms with Gasteiger partial charge in [-0.25, -0.2) is 13.1 Å². The molecule has 26 heavy (non-hydrogen) atoms. The Morgan fingerprint density at radius 3 is 2.38 bits per heavy atom. The van der Waals surface area contributed by atoms with Gasteiger partial charge in [0.25, 0.3) is 0 Å². The van der Waals surface area contributed by atoms with Crippen molar-refractivity contribution in [3.8, 4) is 17.2 Å². The van der Waals surface area contributed by atoms with E-state index in [4.69, 9.17) is 0 Å². The Balaban J connectivity index is 2.28. The first kappa shape index (κ1) is 20.2. The molecule has 0 unspecified atom stereocenters. The maximum absolute atomic E-state index is 12.4. The summed E-state index contributed by atoms with van der Waals surface area (Å²) in [7, 11) is -3.60. The van der Waals surface area contributed by atoms with E-state index in [0.717, 1.165) is 30.4 Å². The zero-order chi connectivity index (χ0) is 19.2. The molecule has 0 amide bonds. The van der Waals surface area contributed by atoms with Crippen LogP contribution >= 0.6 is 0 Å². The van der Waals surface area contributed by atoms with Crippen LogP contribution in [-0.2, 0) is 16.4 Å². The zero-order valence-electron chi connectivity index (χ0n) is 15.6. The van der Waals surface area contributed by atoms with E-state index in [1.165, 1.54) is 11.6 Å². The molecule has 1 N–H and O–H groups in total. The van der Waals surface area contributed by atoms with E-state index in [2.05, 4.69) is 29.8 Å². The number of nitriles is 1. The van der Waals surface area contributed by atoms with Crippen molar-refractivity contribution < 1.29 is 8.42 Å². The Labute approximate surface area is 156 Å². The maximum atomic E-state index is 12.4. The molecule has 4 nitrogen and oxygen atoms in total. The fraction of sp³-hybridized carbons (Fsp3) is 0.381. The minimum atomic E-state index is -3.60. The predicted octanol–water partition coefficient (Wildman–Crippen LogP) is 4.50. The van der Waals surface area contributed by atoms with Gasteiger partial charge in [-0.15, -0.1) is 0 Å². The molecule has 2 aromatic carbocycles. The summed E-state index contributed by atoms with van der Waals surface area (Å²) in [5, 5.41) is 9.49. The van der Waals surface area contributed by atoms with Gasteiger partial charge in [0.2, 0.25) is 10.0 Å². The molecule has 138 valence electrons. The first-order valence-electron chi connectivity index (χ1n) is 9.00. The molecule has 0 saturated carbocycles. The van der Waals surface area contributed by atoms with Crippen LogP contribution in [0.25, 0.3) is 11.1 Å². The lowest BCUT2D eigenvalue weighted by molar-refractivity contribution is 0.551. The van der Waals surface area contributed by atoms with Gasteiger partial charge < -0.3 is 0 Å². The van der Waals surface area contributed by atoms with Gasteiger partial charge in [0.15, 0.2) is 0 Å². The summed E-state index contributed by atoms with van der Waals surface area (Å²) in [6, 6.07) is 14.9. The largest absolute Gasteiger partial charge is 0.240 e. The highest BCUT2D eigenvalue weighted by Gasteiger charge is 2.16. The van der Waals surface area contributed by atoms with Crippen LogP contribution in [0, 0.1) is 17.2 Å². The van der Waals surface area contributed by atoms with Crippen LogP contribution in [-0.4, -0.2) is 15.0 Å². The molecule has 0 aromatic heterocycles. The number of rotatable bonds is 8. The standard InChI is InChI=1S/C21H26N2O2S/c1-4-5-17-6-8-18(9-7-17)21-11-10-20(14-19(21)15-22)26(24,25)23-13-12-16(2)3/h6-11,14,16,23H,4-5,12-13H2,1-3H3. The van der Waals surface area contributed by atoms with E-state index in [1.54, 1.807) is 12.1 Å². The summed E-state index contributed by atoms with van der Waals surface area (Å²) in [6.45, 7) is 6.61. The fourth-order valence-electron chi connectivity index (χ4n) is 2.74. The Morgan fingerprint density at radius 2 is 1.81 bits per heavy atom. The van der Waals surface area contributed by atoms with E-state index in [1.807, 2.05) is 26.0 Å². The van der Waals surface area contributed by atoms with Crippen molar-refractivity contribution >= 4 is 10.0 Å². The molecule has 0 spiro atoms. The first-order valence-corrected chi connectivity index (χ1v) is 10.5. The zero-order valence-corrected chi connectivity index (χ0v) is 16.4. The highest BCUT2D eigenvalue weighted by Crippen LogP contribution is 2.26. The highest BCUT2D eigenvalue weighted by atomic mass is 32.2.